The predicted octanol–water partition coefficient (Wildman–Crippen LogP) is 3.30. The summed E-state index contributed by atoms with van der Waals surface area (Å²) in [5.41, 5.74) is 0.422. The average Bonchev–Trinajstić information content (AvgIpc) is 3.49. The van der Waals surface area contributed by atoms with Gasteiger partial charge in [-0.1, -0.05) is 0 Å². The minimum Gasteiger partial charge on any atom is -0.459 e. The zero-order chi connectivity index (χ0) is 23.4. The normalized spacial score (nSPS) is 15.4. The first-order valence-electron chi connectivity index (χ1n) is 10.5. The fraction of sp³-hybridized carbons (Fsp3) is 0.304. The summed E-state index contributed by atoms with van der Waals surface area (Å²) in [6.07, 6.45) is 1.91. The Balaban J connectivity index is 1.48. The molecule has 1 fully saturated rings. The molecule has 0 saturated carbocycles. The van der Waals surface area contributed by atoms with E-state index in [9.17, 15) is 19.2 Å². The summed E-state index contributed by atoms with van der Waals surface area (Å²) in [4.78, 5) is 50.4. The Hall–Kier alpha value is -4.08. The van der Waals surface area contributed by atoms with Crippen LogP contribution in [0.4, 0.5) is 10.5 Å². The Bertz CT molecular complexity index is 1230. The molecule has 1 N–H and O–H groups in total. The first-order valence-corrected chi connectivity index (χ1v) is 10.5. The van der Waals surface area contributed by atoms with Crippen LogP contribution in [0.5, 0.6) is 0 Å². The number of ether oxygens (including phenoxy) is 2. The number of amides is 2. The number of furan rings is 1. The molecule has 1 aliphatic heterocycles. The molecule has 172 valence electrons. The number of anilines is 1. The Morgan fingerprint density at radius 1 is 1.18 bits per heavy atom. The van der Waals surface area contributed by atoms with Gasteiger partial charge in [-0.25, -0.2) is 14.4 Å². The third kappa shape index (κ3) is 4.89. The SMILES string of the molecule is CCOC(=O)Nc1ccc2c(COC(=O)[C@@H]3CCCN3C(=O)c3ccco3)cc(=O)oc2c1. The highest BCUT2D eigenvalue weighted by Crippen LogP contribution is 2.24. The van der Waals surface area contributed by atoms with E-state index in [1.165, 1.54) is 23.3 Å². The molecule has 10 heteroatoms. The molecule has 1 atom stereocenters. The van der Waals surface area contributed by atoms with E-state index >= 15 is 0 Å². The summed E-state index contributed by atoms with van der Waals surface area (Å²) in [5.74, 6) is -0.769. The van der Waals surface area contributed by atoms with Gasteiger partial charge in [0.2, 0.25) is 0 Å². The zero-order valence-corrected chi connectivity index (χ0v) is 17.9. The minimum atomic E-state index is -0.727. The maximum atomic E-state index is 12.8. The van der Waals surface area contributed by atoms with Crippen molar-refractivity contribution in [2.75, 3.05) is 18.5 Å². The summed E-state index contributed by atoms with van der Waals surface area (Å²) >= 11 is 0. The van der Waals surface area contributed by atoms with Gasteiger partial charge in [0, 0.05) is 35.3 Å². The van der Waals surface area contributed by atoms with Crippen LogP contribution >= 0.6 is 0 Å². The summed E-state index contributed by atoms with van der Waals surface area (Å²) in [5, 5.41) is 3.08. The second-order valence-electron chi connectivity index (χ2n) is 7.39. The van der Waals surface area contributed by atoms with Crippen LogP contribution < -0.4 is 10.9 Å². The molecule has 1 aromatic carbocycles. The number of nitrogens with zero attached hydrogens (tertiary/aromatic N) is 1. The van der Waals surface area contributed by atoms with Crippen LogP contribution in [0.1, 0.15) is 35.9 Å². The van der Waals surface area contributed by atoms with Gasteiger partial charge in [0.15, 0.2) is 5.76 Å². The third-order valence-corrected chi connectivity index (χ3v) is 5.24. The molecule has 0 bridgehead atoms. The smallest absolute Gasteiger partial charge is 0.411 e. The van der Waals surface area contributed by atoms with Gasteiger partial charge in [-0.2, -0.15) is 0 Å². The van der Waals surface area contributed by atoms with Crippen molar-refractivity contribution >= 4 is 34.6 Å². The lowest BCUT2D eigenvalue weighted by Gasteiger charge is -2.22. The molecule has 0 radical (unpaired) electrons. The number of carbonyl (C=O) groups excluding carboxylic acids is 3. The second kappa shape index (κ2) is 9.60. The maximum Gasteiger partial charge on any atom is 0.411 e. The summed E-state index contributed by atoms with van der Waals surface area (Å²) in [7, 11) is 0. The quantitative estimate of drug-likeness (QED) is 0.444. The number of hydrogen-bond donors (Lipinski definition) is 1. The highest BCUT2D eigenvalue weighted by atomic mass is 16.5. The fourth-order valence-corrected chi connectivity index (χ4v) is 3.75. The largest absolute Gasteiger partial charge is 0.459 e. The molecule has 0 unspecified atom stereocenters. The van der Waals surface area contributed by atoms with Crippen molar-refractivity contribution < 1.29 is 32.7 Å². The fourth-order valence-electron chi connectivity index (χ4n) is 3.75. The van der Waals surface area contributed by atoms with Crippen LogP contribution in [-0.2, 0) is 20.9 Å². The monoisotopic (exact) mass is 454 g/mol. The van der Waals surface area contributed by atoms with Crippen LogP contribution in [0.25, 0.3) is 11.0 Å². The number of likely N-dealkylation sites (tertiary alicyclic amines) is 1. The molecule has 33 heavy (non-hydrogen) atoms. The van der Waals surface area contributed by atoms with Gasteiger partial charge in [0.1, 0.15) is 18.2 Å². The van der Waals surface area contributed by atoms with Crippen molar-refractivity contribution in [2.24, 2.45) is 0 Å². The average molecular weight is 454 g/mol. The highest BCUT2D eigenvalue weighted by molar-refractivity contribution is 5.95. The third-order valence-electron chi connectivity index (χ3n) is 5.24. The molecule has 1 saturated heterocycles. The lowest BCUT2D eigenvalue weighted by atomic mass is 10.1. The molecule has 4 rings (SSSR count). The molecule has 3 heterocycles. The predicted molar refractivity (Wildman–Crippen MR) is 116 cm³/mol. The Morgan fingerprint density at radius 3 is 2.79 bits per heavy atom. The van der Waals surface area contributed by atoms with Crippen molar-refractivity contribution in [3.05, 3.63) is 64.4 Å². The van der Waals surface area contributed by atoms with E-state index in [0.29, 0.717) is 36.0 Å². The van der Waals surface area contributed by atoms with Crippen molar-refractivity contribution in [1.82, 2.24) is 4.90 Å². The lowest BCUT2D eigenvalue weighted by Crippen LogP contribution is -2.41. The standard InChI is InChI=1S/C23H22N2O8/c1-2-30-23(29)24-15-7-8-16-14(11-20(26)33-19(16)12-15)13-32-22(28)17-5-3-9-25(17)21(27)18-6-4-10-31-18/h4,6-8,10-12,17H,2-3,5,9,13H2,1H3,(H,24,29)/t17-/m0/s1. The summed E-state index contributed by atoms with van der Waals surface area (Å²) in [6, 6.07) is 8.42. The Labute approximate surface area is 188 Å². The Kier molecular flexibility index (Phi) is 6.43. The van der Waals surface area contributed by atoms with Crippen LogP contribution in [0, 0.1) is 0 Å². The number of nitrogens with one attached hydrogen (secondary N) is 1. The number of benzene rings is 1. The molecule has 10 nitrogen and oxygen atoms in total. The Morgan fingerprint density at radius 2 is 2.03 bits per heavy atom. The van der Waals surface area contributed by atoms with Crippen molar-refractivity contribution in [2.45, 2.75) is 32.4 Å². The molecule has 2 amide bonds. The summed E-state index contributed by atoms with van der Waals surface area (Å²) < 4.78 is 20.7. The maximum absolute atomic E-state index is 12.8. The van der Waals surface area contributed by atoms with Gasteiger partial charge in [-0.3, -0.25) is 10.1 Å². The van der Waals surface area contributed by atoms with Gasteiger partial charge in [0.05, 0.1) is 12.9 Å². The number of rotatable bonds is 6. The molecule has 2 aromatic heterocycles. The van der Waals surface area contributed by atoms with E-state index in [1.54, 1.807) is 31.2 Å². The van der Waals surface area contributed by atoms with Crippen LogP contribution in [0.3, 0.4) is 0 Å². The first kappa shape index (κ1) is 22.1. The molecule has 3 aromatic rings. The van der Waals surface area contributed by atoms with Crippen molar-refractivity contribution in [1.29, 1.82) is 0 Å². The number of fused-ring (bicyclic) bond motifs is 1. The van der Waals surface area contributed by atoms with Crippen LogP contribution in [0.2, 0.25) is 0 Å². The van der Waals surface area contributed by atoms with E-state index in [-0.39, 0.29) is 30.5 Å². The molecular formula is C23H22N2O8. The van der Waals surface area contributed by atoms with Gasteiger partial charge < -0.3 is 23.2 Å². The number of carbonyl (C=O) groups is 3. The second-order valence-corrected chi connectivity index (χ2v) is 7.39. The number of hydrogen-bond acceptors (Lipinski definition) is 8. The van der Waals surface area contributed by atoms with Gasteiger partial charge in [-0.15, -0.1) is 0 Å². The topological polar surface area (TPSA) is 128 Å². The number of esters is 1. The minimum absolute atomic E-state index is 0.161. The van der Waals surface area contributed by atoms with Crippen LogP contribution in [0.15, 0.2) is 56.3 Å². The highest BCUT2D eigenvalue weighted by Gasteiger charge is 2.36. The molecule has 1 aliphatic rings. The van der Waals surface area contributed by atoms with Crippen molar-refractivity contribution in [3.8, 4) is 0 Å². The van der Waals surface area contributed by atoms with Gasteiger partial charge in [-0.05, 0) is 44.0 Å². The first-order chi connectivity index (χ1) is 16.0. The van der Waals surface area contributed by atoms with E-state index in [1.807, 2.05) is 0 Å². The lowest BCUT2D eigenvalue weighted by molar-refractivity contribution is -0.149. The summed E-state index contributed by atoms with van der Waals surface area (Å²) in [6.45, 7) is 2.15. The van der Waals surface area contributed by atoms with Gasteiger partial charge >= 0.3 is 17.7 Å². The van der Waals surface area contributed by atoms with E-state index in [0.717, 1.165) is 0 Å². The van der Waals surface area contributed by atoms with E-state index < -0.39 is 23.7 Å². The zero-order valence-electron chi connectivity index (χ0n) is 17.9. The molecule has 0 spiro atoms. The van der Waals surface area contributed by atoms with E-state index in [2.05, 4.69) is 5.32 Å². The van der Waals surface area contributed by atoms with E-state index in [4.69, 9.17) is 18.3 Å². The molecular weight excluding hydrogens is 432 g/mol. The van der Waals surface area contributed by atoms with Gasteiger partial charge in [0.25, 0.3) is 5.91 Å². The van der Waals surface area contributed by atoms with Crippen LogP contribution in [-0.4, -0.2) is 42.1 Å². The van der Waals surface area contributed by atoms with Crippen molar-refractivity contribution in [3.63, 3.8) is 0 Å². The molecule has 0 aliphatic carbocycles.